The Hall–Kier alpha value is -3.33. The Labute approximate surface area is 169 Å². The number of para-hydroxylation sites is 1. The number of phenols is 1. The Balaban J connectivity index is 1.87. The fourth-order valence-electron chi connectivity index (χ4n) is 2.84. The lowest BCUT2D eigenvalue weighted by atomic mass is 10.1. The Bertz CT molecular complexity index is 1090. The molecule has 0 saturated heterocycles. The number of carbonyl (C=O) groups is 1. The standard InChI is InChI=1S/C20H22N4O4S/c1-13(14-8-5-4-6-9-14)21-17-12-29(27,28)23-19(17)22-16-11-7-10-15(18(16)25)20(26)24(2)3/h4-13,21,25H,1-3H3,(H,22,23)/t13-/m1/s1. The van der Waals surface area contributed by atoms with E-state index in [4.69, 9.17) is 0 Å². The summed E-state index contributed by atoms with van der Waals surface area (Å²) in [6.07, 6.45) is 0. The van der Waals surface area contributed by atoms with Gasteiger partial charge in [-0.1, -0.05) is 36.4 Å². The summed E-state index contributed by atoms with van der Waals surface area (Å²) in [7, 11) is -0.652. The lowest BCUT2D eigenvalue weighted by molar-refractivity contribution is 0.0824. The molecule has 0 aliphatic carbocycles. The minimum absolute atomic E-state index is 0.0394. The molecule has 8 nitrogen and oxygen atoms in total. The van der Waals surface area contributed by atoms with E-state index in [0.29, 0.717) is 0 Å². The molecule has 2 aromatic rings. The van der Waals surface area contributed by atoms with E-state index < -0.39 is 10.0 Å². The smallest absolute Gasteiger partial charge is 0.279 e. The minimum atomic E-state index is -3.80. The summed E-state index contributed by atoms with van der Waals surface area (Å²) in [6, 6.07) is 14.0. The Kier molecular flexibility index (Phi) is 5.60. The quantitative estimate of drug-likeness (QED) is 0.648. The number of hydrogen-bond donors (Lipinski definition) is 3. The highest BCUT2D eigenvalue weighted by Crippen LogP contribution is 2.30. The zero-order valence-corrected chi connectivity index (χ0v) is 17.1. The normalized spacial score (nSPS) is 15.8. The zero-order valence-electron chi connectivity index (χ0n) is 16.2. The van der Waals surface area contributed by atoms with Crippen molar-refractivity contribution < 1.29 is 18.3 Å². The molecule has 1 aliphatic heterocycles. The molecule has 1 atom stereocenters. The fourth-order valence-corrected chi connectivity index (χ4v) is 3.77. The SMILES string of the molecule is C[C@@H](NC1=CS(=O)(=O)N=C1Nc1cccc(C(=O)N(C)C)c1O)c1ccccc1. The molecule has 1 amide bonds. The van der Waals surface area contributed by atoms with Gasteiger partial charge in [0.15, 0.2) is 11.6 Å². The van der Waals surface area contributed by atoms with E-state index in [-0.39, 0.29) is 40.5 Å². The van der Waals surface area contributed by atoms with Crippen LogP contribution < -0.4 is 10.6 Å². The third-order valence-electron chi connectivity index (χ3n) is 4.34. The van der Waals surface area contributed by atoms with Crippen molar-refractivity contribution in [2.24, 2.45) is 4.40 Å². The molecule has 0 unspecified atom stereocenters. The minimum Gasteiger partial charge on any atom is -0.505 e. The van der Waals surface area contributed by atoms with Gasteiger partial charge in [0.05, 0.1) is 22.4 Å². The molecule has 0 fully saturated rings. The molecule has 0 aromatic heterocycles. The summed E-state index contributed by atoms with van der Waals surface area (Å²) in [4.78, 5) is 13.6. The highest BCUT2D eigenvalue weighted by molar-refractivity contribution is 7.93. The van der Waals surface area contributed by atoms with Crippen molar-refractivity contribution in [2.45, 2.75) is 13.0 Å². The van der Waals surface area contributed by atoms with Gasteiger partial charge in [0.1, 0.15) is 0 Å². The number of nitrogens with zero attached hydrogens (tertiary/aromatic N) is 2. The van der Waals surface area contributed by atoms with Crippen LogP contribution in [0.2, 0.25) is 0 Å². The van der Waals surface area contributed by atoms with Crippen LogP contribution in [0.3, 0.4) is 0 Å². The van der Waals surface area contributed by atoms with Gasteiger partial charge in [0.2, 0.25) is 0 Å². The van der Waals surface area contributed by atoms with Gasteiger partial charge in [0.25, 0.3) is 15.9 Å². The molecule has 3 N–H and O–H groups in total. The first-order valence-corrected chi connectivity index (χ1v) is 10.4. The molecule has 9 heteroatoms. The van der Waals surface area contributed by atoms with Crippen LogP contribution in [0.5, 0.6) is 5.75 Å². The van der Waals surface area contributed by atoms with Crippen molar-refractivity contribution in [2.75, 3.05) is 19.4 Å². The third-order valence-corrected chi connectivity index (χ3v) is 5.31. The van der Waals surface area contributed by atoms with E-state index in [9.17, 15) is 18.3 Å². The van der Waals surface area contributed by atoms with E-state index >= 15 is 0 Å². The molecule has 0 bridgehead atoms. The van der Waals surface area contributed by atoms with Gasteiger partial charge < -0.3 is 20.6 Å². The second-order valence-electron chi connectivity index (χ2n) is 6.79. The van der Waals surface area contributed by atoms with Crippen LogP contribution in [0.1, 0.15) is 28.9 Å². The molecule has 152 valence electrons. The maximum absolute atomic E-state index is 12.2. The van der Waals surface area contributed by atoms with E-state index in [1.165, 1.54) is 17.0 Å². The van der Waals surface area contributed by atoms with Gasteiger partial charge in [0, 0.05) is 20.1 Å². The third kappa shape index (κ3) is 4.57. The number of anilines is 1. The number of hydrogen-bond acceptors (Lipinski definition) is 6. The molecule has 29 heavy (non-hydrogen) atoms. The second-order valence-corrected chi connectivity index (χ2v) is 8.24. The van der Waals surface area contributed by atoms with Crippen LogP contribution in [0.4, 0.5) is 5.69 Å². The summed E-state index contributed by atoms with van der Waals surface area (Å²) in [5.74, 6) is -0.620. The highest BCUT2D eigenvalue weighted by Gasteiger charge is 2.25. The lowest BCUT2D eigenvalue weighted by Gasteiger charge is -2.19. The van der Waals surface area contributed by atoms with Crippen LogP contribution in [-0.2, 0) is 10.0 Å². The molecule has 0 saturated carbocycles. The van der Waals surface area contributed by atoms with Crippen molar-refractivity contribution >= 4 is 27.5 Å². The van der Waals surface area contributed by atoms with Crippen LogP contribution >= 0.6 is 0 Å². The van der Waals surface area contributed by atoms with Crippen molar-refractivity contribution in [3.8, 4) is 5.75 Å². The summed E-state index contributed by atoms with van der Waals surface area (Å²) in [6.45, 7) is 1.90. The monoisotopic (exact) mass is 414 g/mol. The molecular formula is C20H22N4O4S. The summed E-state index contributed by atoms with van der Waals surface area (Å²) >= 11 is 0. The topological polar surface area (TPSA) is 111 Å². The number of nitrogens with one attached hydrogen (secondary N) is 2. The van der Waals surface area contributed by atoms with Crippen molar-refractivity contribution in [3.63, 3.8) is 0 Å². The van der Waals surface area contributed by atoms with Gasteiger partial charge in [-0.15, -0.1) is 4.40 Å². The van der Waals surface area contributed by atoms with Gasteiger partial charge >= 0.3 is 0 Å². The Morgan fingerprint density at radius 2 is 1.79 bits per heavy atom. The van der Waals surface area contributed by atoms with Crippen LogP contribution in [0.25, 0.3) is 0 Å². The van der Waals surface area contributed by atoms with Gasteiger partial charge in [-0.3, -0.25) is 4.79 Å². The highest BCUT2D eigenvalue weighted by atomic mass is 32.2. The van der Waals surface area contributed by atoms with E-state index in [0.717, 1.165) is 11.0 Å². The number of benzene rings is 2. The van der Waals surface area contributed by atoms with Crippen LogP contribution in [0.15, 0.2) is 64.0 Å². The van der Waals surface area contributed by atoms with Gasteiger partial charge in [-0.05, 0) is 24.6 Å². The second kappa shape index (κ2) is 7.96. The molecule has 0 spiro atoms. The number of rotatable bonds is 5. The first-order valence-electron chi connectivity index (χ1n) is 8.87. The fraction of sp³-hybridized carbons (Fsp3) is 0.200. The summed E-state index contributed by atoms with van der Waals surface area (Å²) in [5.41, 5.74) is 1.51. The van der Waals surface area contributed by atoms with Gasteiger partial charge in [-0.25, -0.2) is 0 Å². The zero-order chi connectivity index (χ0) is 21.2. The van der Waals surface area contributed by atoms with E-state index in [2.05, 4.69) is 15.0 Å². The number of sulfonamides is 1. The molecule has 3 rings (SSSR count). The molecular weight excluding hydrogens is 392 g/mol. The molecule has 1 heterocycles. The Morgan fingerprint density at radius 1 is 1.10 bits per heavy atom. The van der Waals surface area contributed by atoms with Crippen molar-refractivity contribution in [1.29, 1.82) is 0 Å². The first kappa shape index (κ1) is 20.4. The summed E-state index contributed by atoms with van der Waals surface area (Å²) < 4.78 is 27.8. The van der Waals surface area contributed by atoms with E-state index in [1.807, 2.05) is 37.3 Å². The maximum atomic E-state index is 12.2. The Morgan fingerprint density at radius 3 is 2.45 bits per heavy atom. The number of amides is 1. The predicted octanol–water partition coefficient (Wildman–Crippen LogP) is 2.44. The van der Waals surface area contributed by atoms with Crippen LogP contribution in [0, 0.1) is 0 Å². The maximum Gasteiger partial charge on any atom is 0.279 e. The molecule has 2 aromatic carbocycles. The average molecular weight is 414 g/mol. The molecule has 0 radical (unpaired) electrons. The number of carbonyl (C=O) groups excluding carboxylic acids is 1. The number of aromatic hydroxyl groups is 1. The van der Waals surface area contributed by atoms with Crippen molar-refractivity contribution in [3.05, 3.63) is 70.8 Å². The van der Waals surface area contributed by atoms with E-state index in [1.54, 1.807) is 20.2 Å². The van der Waals surface area contributed by atoms with Crippen molar-refractivity contribution in [1.82, 2.24) is 10.2 Å². The average Bonchev–Trinajstić information content (AvgIpc) is 2.96. The first-order chi connectivity index (χ1) is 13.7. The number of phenolic OH excluding ortho intramolecular Hbond substituents is 1. The van der Waals surface area contributed by atoms with Crippen LogP contribution in [-0.4, -0.2) is 44.3 Å². The van der Waals surface area contributed by atoms with Gasteiger partial charge in [-0.2, -0.15) is 8.42 Å². The lowest BCUT2D eigenvalue weighted by Crippen LogP contribution is -2.27. The molecule has 1 aliphatic rings. The number of amidine groups is 1. The predicted molar refractivity (Wildman–Crippen MR) is 112 cm³/mol. The largest absolute Gasteiger partial charge is 0.505 e. The summed E-state index contributed by atoms with van der Waals surface area (Å²) in [5, 5.41) is 17.5.